The number of hydrogen-bond donors (Lipinski definition) is 1. The number of rotatable bonds is 3. The van der Waals surface area contributed by atoms with Crippen molar-refractivity contribution in [3.8, 4) is 5.75 Å². The van der Waals surface area contributed by atoms with Crippen LogP contribution in [0.2, 0.25) is 0 Å². The fourth-order valence-corrected chi connectivity index (χ4v) is 3.24. The van der Waals surface area contributed by atoms with E-state index in [4.69, 9.17) is 4.74 Å². The number of carbonyl (C=O) groups is 1. The van der Waals surface area contributed by atoms with E-state index in [1.54, 1.807) is 30.3 Å². The summed E-state index contributed by atoms with van der Waals surface area (Å²) in [6.45, 7) is 0.261. The second-order valence-electron chi connectivity index (χ2n) is 5.64. The lowest BCUT2D eigenvalue weighted by atomic mass is 9.74. The van der Waals surface area contributed by atoms with Crippen LogP contribution in [-0.4, -0.2) is 25.6 Å². The first kappa shape index (κ1) is 16.5. The molecule has 0 spiro atoms. The summed E-state index contributed by atoms with van der Waals surface area (Å²) in [5.41, 5.74) is -0.657. The molecule has 6 heteroatoms. The maximum atomic E-state index is 13.4. The van der Waals surface area contributed by atoms with Crippen LogP contribution < -0.4 is 10.1 Å². The molecular formula is C18H16F3NO2. The number of ketones is 1. The standard InChI is InChI=1S/C18H16F3NO2/c1-24-14-7-8-15-12(11-14)9-10-22-17(15,16(23)18(19,20)21)13-5-3-2-4-6-13/h2-8,11,22H,9-10H2,1H3. The number of Topliss-reactive ketones (excluding diaryl/α,β-unsaturated/α-hetero) is 1. The van der Waals surface area contributed by atoms with Crippen LogP contribution in [0.5, 0.6) is 5.75 Å². The van der Waals surface area contributed by atoms with Crippen molar-refractivity contribution in [3.05, 3.63) is 65.2 Å². The third-order valence-electron chi connectivity index (χ3n) is 4.31. The van der Waals surface area contributed by atoms with Crippen molar-refractivity contribution < 1.29 is 22.7 Å². The topological polar surface area (TPSA) is 38.3 Å². The fraction of sp³-hybridized carbons (Fsp3) is 0.278. The van der Waals surface area contributed by atoms with Crippen LogP contribution in [0.1, 0.15) is 16.7 Å². The Hall–Kier alpha value is -2.34. The summed E-state index contributed by atoms with van der Waals surface area (Å²) in [5, 5.41) is 2.84. The van der Waals surface area contributed by atoms with E-state index in [0.29, 0.717) is 23.3 Å². The lowest BCUT2D eigenvalue weighted by molar-refractivity contribution is -0.177. The van der Waals surface area contributed by atoms with Crippen LogP contribution in [0.25, 0.3) is 0 Å². The lowest BCUT2D eigenvalue weighted by Crippen LogP contribution is -2.58. The summed E-state index contributed by atoms with van der Waals surface area (Å²) in [6, 6.07) is 12.8. The van der Waals surface area contributed by atoms with Crippen molar-refractivity contribution in [2.45, 2.75) is 18.1 Å². The van der Waals surface area contributed by atoms with E-state index in [2.05, 4.69) is 5.32 Å². The maximum absolute atomic E-state index is 13.4. The highest BCUT2D eigenvalue weighted by molar-refractivity contribution is 5.98. The molecule has 1 aliphatic heterocycles. The third-order valence-corrected chi connectivity index (χ3v) is 4.31. The van der Waals surface area contributed by atoms with Gasteiger partial charge in [-0.25, -0.2) is 0 Å². The number of alkyl halides is 3. The average Bonchev–Trinajstić information content (AvgIpc) is 2.60. The number of carbonyl (C=O) groups excluding carboxylic acids is 1. The molecule has 0 saturated carbocycles. The predicted octanol–water partition coefficient (Wildman–Crippen LogP) is 3.22. The molecule has 0 bridgehead atoms. The minimum absolute atomic E-state index is 0.261. The Morgan fingerprint density at radius 2 is 1.88 bits per heavy atom. The van der Waals surface area contributed by atoms with Gasteiger partial charge in [0, 0.05) is 6.54 Å². The molecule has 126 valence electrons. The average molecular weight is 335 g/mol. The zero-order chi connectivity index (χ0) is 17.4. The molecule has 2 aromatic carbocycles. The lowest BCUT2D eigenvalue weighted by Gasteiger charge is -2.39. The summed E-state index contributed by atoms with van der Waals surface area (Å²) in [5.74, 6) is -1.26. The van der Waals surface area contributed by atoms with E-state index >= 15 is 0 Å². The Balaban J connectivity index is 2.27. The van der Waals surface area contributed by atoms with Gasteiger partial charge >= 0.3 is 6.18 Å². The summed E-state index contributed by atoms with van der Waals surface area (Å²) in [4.78, 5) is 12.4. The van der Waals surface area contributed by atoms with Crippen molar-refractivity contribution in [3.63, 3.8) is 0 Å². The number of nitrogens with one attached hydrogen (secondary N) is 1. The monoisotopic (exact) mass is 335 g/mol. The van der Waals surface area contributed by atoms with Crippen LogP contribution in [0, 0.1) is 0 Å². The number of benzene rings is 2. The molecule has 1 unspecified atom stereocenters. The molecule has 0 amide bonds. The number of halogens is 3. The molecule has 1 aliphatic rings. The minimum Gasteiger partial charge on any atom is -0.497 e. The summed E-state index contributed by atoms with van der Waals surface area (Å²) >= 11 is 0. The quantitative estimate of drug-likeness (QED) is 0.936. The van der Waals surface area contributed by atoms with E-state index in [0.717, 1.165) is 0 Å². The third kappa shape index (κ3) is 2.57. The normalized spacial score (nSPS) is 20.3. The van der Waals surface area contributed by atoms with E-state index in [1.165, 1.54) is 25.3 Å². The molecule has 0 fully saturated rings. The van der Waals surface area contributed by atoms with E-state index < -0.39 is 17.5 Å². The van der Waals surface area contributed by atoms with Gasteiger partial charge in [-0.15, -0.1) is 0 Å². The van der Waals surface area contributed by atoms with Crippen LogP contribution in [0.3, 0.4) is 0 Å². The number of hydrogen-bond acceptors (Lipinski definition) is 3. The Kier molecular flexibility index (Phi) is 4.09. The molecular weight excluding hydrogens is 319 g/mol. The fourth-order valence-electron chi connectivity index (χ4n) is 3.24. The molecule has 24 heavy (non-hydrogen) atoms. The molecule has 2 aromatic rings. The van der Waals surface area contributed by atoms with Gasteiger partial charge in [-0.05, 0) is 35.2 Å². The van der Waals surface area contributed by atoms with Gasteiger partial charge in [-0.1, -0.05) is 36.4 Å². The van der Waals surface area contributed by atoms with Gasteiger partial charge in [0.25, 0.3) is 5.78 Å². The minimum atomic E-state index is -4.96. The summed E-state index contributed by atoms with van der Waals surface area (Å²) in [7, 11) is 1.49. The first-order valence-corrected chi connectivity index (χ1v) is 7.49. The molecule has 1 heterocycles. The van der Waals surface area contributed by atoms with Gasteiger partial charge in [0.05, 0.1) is 7.11 Å². The van der Waals surface area contributed by atoms with Crippen molar-refractivity contribution in [2.24, 2.45) is 0 Å². The highest BCUT2D eigenvalue weighted by Crippen LogP contribution is 2.41. The highest BCUT2D eigenvalue weighted by atomic mass is 19.4. The van der Waals surface area contributed by atoms with E-state index in [-0.39, 0.29) is 12.1 Å². The van der Waals surface area contributed by atoms with Crippen molar-refractivity contribution >= 4 is 5.78 Å². The van der Waals surface area contributed by atoms with Gasteiger partial charge in [-0.3, -0.25) is 10.1 Å². The largest absolute Gasteiger partial charge is 0.497 e. The highest BCUT2D eigenvalue weighted by Gasteiger charge is 2.56. The first-order chi connectivity index (χ1) is 11.4. The van der Waals surface area contributed by atoms with E-state index in [1.807, 2.05) is 0 Å². The Morgan fingerprint density at radius 1 is 1.17 bits per heavy atom. The van der Waals surface area contributed by atoms with Gasteiger partial charge in [0.2, 0.25) is 0 Å². The van der Waals surface area contributed by atoms with Gasteiger partial charge in [-0.2, -0.15) is 13.2 Å². The number of ether oxygens (including phenoxy) is 1. The Morgan fingerprint density at radius 3 is 2.50 bits per heavy atom. The summed E-state index contributed by atoms with van der Waals surface area (Å²) < 4.78 is 45.3. The smallest absolute Gasteiger partial charge is 0.452 e. The molecule has 3 nitrogen and oxygen atoms in total. The van der Waals surface area contributed by atoms with Crippen LogP contribution in [0.4, 0.5) is 13.2 Å². The van der Waals surface area contributed by atoms with Crippen LogP contribution >= 0.6 is 0 Å². The molecule has 0 radical (unpaired) electrons. The Bertz CT molecular complexity index is 759. The van der Waals surface area contributed by atoms with E-state index in [9.17, 15) is 18.0 Å². The van der Waals surface area contributed by atoms with Gasteiger partial charge in [0.1, 0.15) is 11.3 Å². The second kappa shape index (κ2) is 5.94. The van der Waals surface area contributed by atoms with Crippen LogP contribution in [0.15, 0.2) is 48.5 Å². The predicted molar refractivity (Wildman–Crippen MR) is 83.0 cm³/mol. The maximum Gasteiger partial charge on any atom is 0.452 e. The molecule has 3 rings (SSSR count). The zero-order valence-electron chi connectivity index (χ0n) is 13.0. The van der Waals surface area contributed by atoms with Gasteiger partial charge < -0.3 is 4.74 Å². The number of fused-ring (bicyclic) bond motifs is 1. The van der Waals surface area contributed by atoms with Gasteiger partial charge in [0.15, 0.2) is 0 Å². The van der Waals surface area contributed by atoms with Crippen molar-refractivity contribution in [2.75, 3.05) is 13.7 Å². The van der Waals surface area contributed by atoms with Crippen LogP contribution in [-0.2, 0) is 16.8 Å². The SMILES string of the molecule is COc1ccc2c(c1)CCNC2(C(=O)C(F)(F)F)c1ccccc1. The summed E-state index contributed by atoms with van der Waals surface area (Å²) in [6.07, 6.45) is -4.44. The van der Waals surface area contributed by atoms with Crippen molar-refractivity contribution in [1.29, 1.82) is 0 Å². The first-order valence-electron chi connectivity index (χ1n) is 7.49. The Labute approximate surface area is 137 Å². The molecule has 0 saturated heterocycles. The zero-order valence-corrected chi connectivity index (χ0v) is 13.0. The molecule has 0 aliphatic carbocycles. The second-order valence-corrected chi connectivity index (χ2v) is 5.64. The number of methoxy groups -OCH3 is 1. The molecule has 0 aromatic heterocycles. The molecule has 1 atom stereocenters. The van der Waals surface area contributed by atoms with Crippen molar-refractivity contribution in [1.82, 2.24) is 5.32 Å². The molecule has 1 N–H and O–H groups in total.